The number of nitrogens with zero attached hydrogens (tertiary/aromatic N) is 4. The number of anilines is 3. The Bertz CT molecular complexity index is 1710. The molecule has 1 amide bonds. The molecule has 0 unspecified atom stereocenters. The summed E-state index contributed by atoms with van der Waals surface area (Å²) in [6.07, 6.45) is -4.92. The Labute approximate surface area is 237 Å². The zero-order chi connectivity index (χ0) is 30.4. The highest BCUT2D eigenvalue weighted by molar-refractivity contribution is 6.05. The average molecular weight is 586 g/mol. The molecule has 3 heterocycles. The van der Waals surface area contributed by atoms with Gasteiger partial charge in [-0.3, -0.25) is 19.2 Å². The van der Waals surface area contributed by atoms with E-state index in [-0.39, 0.29) is 22.6 Å². The lowest BCUT2D eigenvalue weighted by atomic mass is 9.94. The summed E-state index contributed by atoms with van der Waals surface area (Å²) < 4.78 is 56.2. The summed E-state index contributed by atoms with van der Waals surface area (Å²) in [5.74, 6) is -1.05. The number of aromatic amines is 1. The van der Waals surface area contributed by atoms with E-state index in [1.54, 1.807) is 6.92 Å². The molecule has 220 valence electrons. The molecule has 42 heavy (non-hydrogen) atoms. The summed E-state index contributed by atoms with van der Waals surface area (Å²) >= 11 is 0. The molecular weight excluding hydrogens is 558 g/mol. The summed E-state index contributed by atoms with van der Waals surface area (Å²) in [7, 11) is 2.00. The van der Waals surface area contributed by atoms with E-state index in [2.05, 4.69) is 30.8 Å². The van der Waals surface area contributed by atoms with Gasteiger partial charge in [0.05, 0.1) is 23.6 Å². The molecule has 1 atom stereocenters. The number of fused-ring (bicyclic) bond motifs is 1. The second kappa shape index (κ2) is 10.7. The smallest absolute Gasteiger partial charge is 0.376 e. The van der Waals surface area contributed by atoms with Gasteiger partial charge in [-0.05, 0) is 62.4 Å². The number of H-pyrrole nitrogens is 1. The minimum absolute atomic E-state index is 0.0523. The van der Waals surface area contributed by atoms with Crippen molar-refractivity contribution in [3.8, 4) is 11.3 Å². The van der Waals surface area contributed by atoms with E-state index in [1.165, 1.54) is 12.1 Å². The van der Waals surface area contributed by atoms with Gasteiger partial charge in [0, 0.05) is 30.3 Å². The van der Waals surface area contributed by atoms with Crippen LogP contribution in [0.15, 0.2) is 53.3 Å². The van der Waals surface area contributed by atoms with Crippen LogP contribution in [0, 0.1) is 12.7 Å². The van der Waals surface area contributed by atoms with Crippen LogP contribution in [-0.4, -0.2) is 55.7 Å². The fraction of sp³-hybridized carbons (Fsp3) is 0.286. The quantitative estimate of drug-likeness (QED) is 0.249. The number of alkyl halides is 3. The van der Waals surface area contributed by atoms with E-state index in [0.717, 1.165) is 42.6 Å². The van der Waals surface area contributed by atoms with Gasteiger partial charge in [-0.25, -0.2) is 9.49 Å². The molecule has 2 aromatic carbocycles. The van der Waals surface area contributed by atoms with Crippen molar-refractivity contribution in [1.29, 1.82) is 0 Å². The van der Waals surface area contributed by atoms with E-state index in [0.29, 0.717) is 37.0 Å². The Kier molecular flexibility index (Phi) is 7.37. The standard InChI is InChI=1S/C28H27F4N7O3/c1-15-19(21-13-22(26(41)36-35-21)33-23-12-18-14-38(3)10-11-39(18)37-23)8-9-20(29)24(15)34-25(40)16-4-6-17(7-5-16)27(2,42)28(30,31)32/h4-9,12-13,42H,10-11,14H2,1-3H3,(H,34,40)(H,36,41)(H,33,35,37)/t27-/m1/s1. The van der Waals surface area contributed by atoms with Crippen molar-refractivity contribution in [2.45, 2.75) is 38.7 Å². The molecule has 14 heteroatoms. The molecule has 10 nitrogen and oxygen atoms in total. The molecular formula is C28H27F4N7O3. The zero-order valence-corrected chi connectivity index (χ0v) is 22.8. The SMILES string of the molecule is Cc1c(-c2cc(Nc3cc4n(n3)CCN(C)C4)c(=O)[nH]n2)ccc(F)c1NC(=O)c1ccc([C@@](C)(O)C(F)(F)F)cc1. The van der Waals surface area contributed by atoms with Crippen LogP contribution in [0.1, 0.15) is 34.1 Å². The maximum absolute atomic E-state index is 14.9. The van der Waals surface area contributed by atoms with Crippen LogP contribution in [0.3, 0.4) is 0 Å². The number of aromatic nitrogens is 4. The van der Waals surface area contributed by atoms with Gasteiger partial charge in [0.25, 0.3) is 11.5 Å². The number of hydrogen-bond donors (Lipinski definition) is 4. The van der Waals surface area contributed by atoms with Gasteiger partial charge in [-0.1, -0.05) is 12.1 Å². The molecule has 0 radical (unpaired) electrons. The number of benzene rings is 2. The molecule has 0 saturated heterocycles. The van der Waals surface area contributed by atoms with E-state index >= 15 is 0 Å². The Hall–Kier alpha value is -4.56. The van der Waals surface area contributed by atoms with Gasteiger partial charge >= 0.3 is 6.18 Å². The molecule has 4 aromatic rings. The number of carbonyl (C=O) groups excluding carboxylic acids is 1. The predicted octanol–water partition coefficient (Wildman–Crippen LogP) is 4.29. The number of carbonyl (C=O) groups is 1. The van der Waals surface area contributed by atoms with Gasteiger partial charge in [-0.15, -0.1) is 0 Å². The highest BCUT2D eigenvalue weighted by Gasteiger charge is 2.51. The number of nitrogens with one attached hydrogen (secondary N) is 3. The first-order chi connectivity index (χ1) is 19.7. The fourth-order valence-corrected chi connectivity index (χ4v) is 4.64. The molecule has 0 aliphatic carbocycles. The maximum atomic E-state index is 14.9. The predicted molar refractivity (Wildman–Crippen MR) is 147 cm³/mol. The lowest BCUT2D eigenvalue weighted by Crippen LogP contribution is -2.39. The number of amides is 1. The molecule has 1 aliphatic rings. The minimum atomic E-state index is -4.92. The number of aliphatic hydroxyl groups is 1. The number of likely N-dealkylation sites (N-methyl/N-ethyl adjacent to an activating group) is 1. The first-order valence-corrected chi connectivity index (χ1v) is 12.9. The molecule has 5 rings (SSSR count). The van der Waals surface area contributed by atoms with Crippen molar-refractivity contribution in [1.82, 2.24) is 24.9 Å². The van der Waals surface area contributed by atoms with Crippen LogP contribution in [0.5, 0.6) is 0 Å². The van der Waals surface area contributed by atoms with Crippen molar-refractivity contribution in [3.05, 3.63) is 87.1 Å². The molecule has 0 spiro atoms. The van der Waals surface area contributed by atoms with Gasteiger partial charge in [0.1, 0.15) is 11.5 Å². The van der Waals surface area contributed by atoms with Crippen molar-refractivity contribution in [3.63, 3.8) is 0 Å². The summed E-state index contributed by atoms with van der Waals surface area (Å²) in [6.45, 7) is 4.45. The van der Waals surface area contributed by atoms with Crippen molar-refractivity contribution in [2.75, 3.05) is 24.2 Å². The second-order valence-electron chi connectivity index (χ2n) is 10.3. The van der Waals surface area contributed by atoms with E-state index in [1.807, 2.05) is 17.8 Å². The van der Waals surface area contributed by atoms with Crippen molar-refractivity contribution < 1.29 is 27.5 Å². The van der Waals surface area contributed by atoms with Crippen LogP contribution in [-0.2, 0) is 18.7 Å². The van der Waals surface area contributed by atoms with E-state index < -0.39 is 34.6 Å². The monoisotopic (exact) mass is 585 g/mol. The summed E-state index contributed by atoms with van der Waals surface area (Å²) in [5.41, 5.74) is -2.13. The van der Waals surface area contributed by atoms with Crippen LogP contribution in [0.2, 0.25) is 0 Å². The topological polar surface area (TPSA) is 128 Å². The first kappa shape index (κ1) is 29.0. The van der Waals surface area contributed by atoms with Crippen LogP contribution in [0.25, 0.3) is 11.3 Å². The Morgan fingerprint density at radius 1 is 1.10 bits per heavy atom. The fourth-order valence-electron chi connectivity index (χ4n) is 4.64. The third-order valence-electron chi connectivity index (χ3n) is 7.24. The van der Waals surface area contributed by atoms with Gasteiger partial charge < -0.3 is 15.7 Å². The number of rotatable bonds is 6. The number of halogens is 4. The summed E-state index contributed by atoms with van der Waals surface area (Å²) in [5, 5.41) is 26.3. The highest BCUT2D eigenvalue weighted by atomic mass is 19.4. The molecule has 0 fully saturated rings. The van der Waals surface area contributed by atoms with Gasteiger partial charge in [0.2, 0.25) is 0 Å². The molecule has 4 N–H and O–H groups in total. The number of hydrogen-bond acceptors (Lipinski definition) is 7. The Morgan fingerprint density at radius 3 is 2.50 bits per heavy atom. The lowest BCUT2D eigenvalue weighted by Gasteiger charge is -2.26. The Morgan fingerprint density at radius 2 is 1.81 bits per heavy atom. The highest BCUT2D eigenvalue weighted by Crippen LogP contribution is 2.38. The van der Waals surface area contributed by atoms with Crippen LogP contribution >= 0.6 is 0 Å². The van der Waals surface area contributed by atoms with Crippen LogP contribution < -0.4 is 16.2 Å². The third kappa shape index (κ3) is 5.50. The maximum Gasteiger partial charge on any atom is 0.421 e. The first-order valence-electron chi connectivity index (χ1n) is 12.9. The molecule has 0 bridgehead atoms. The van der Waals surface area contributed by atoms with Gasteiger partial charge in [-0.2, -0.15) is 23.4 Å². The van der Waals surface area contributed by atoms with E-state index in [9.17, 15) is 32.3 Å². The van der Waals surface area contributed by atoms with E-state index in [4.69, 9.17) is 0 Å². The zero-order valence-electron chi connectivity index (χ0n) is 22.8. The van der Waals surface area contributed by atoms with Crippen molar-refractivity contribution >= 4 is 23.1 Å². The normalized spacial score (nSPS) is 15.1. The average Bonchev–Trinajstić information content (AvgIpc) is 3.33. The Balaban J connectivity index is 1.39. The summed E-state index contributed by atoms with van der Waals surface area (Å²) in [4.78, 5) is 27.6. The molecule has 1 aliphatic heterocycles. The van der Waals surface area contributed by atoms with Gasteiger partial charge in [0.15, 0.2) is 11.4 Å². The summed E-state index contributed by atoms with van der Waals surface area (Å²) in [6, 6.07) is 10.1. The molecule has 2 aromatic heterocycles. The van der Waals surface area contributed by atoms with Crippen LogP contribution in [0.4, 0.5) is 34.8 Å². The largest absolute Gasteiger partial charge is 0.421 e. The third-order valence-corrected chi connectivity index (χ3v) is 7.24. The second-order valence-corrected chi connectivity index (χ2v) is 10.3. The molecule has 0 saturated carbocycles. The van der Waals surface area contributed by atoms with Crippen molar-refractivity contribution in [2.24, 2.45) is 0 Å². The minimum Gasteiger partial charge on any atom is -0.376 e. The lowest BCUT2D eigenvalue weighted by molar-refractivity contribution is -0.258.